The van der Waals surface area contributed by atoms with E-state index in [0.29, 0.717) is 31.9 Å². The summed E-state index contributed by atoms with van der Waals surface area (Å²) in [5, 5.41) is 11.7. The van der Waals surface area contributed by atoms with Crippen LogP contribution in [0.4, 0.5) is 4.39 Å². The Morgan fingerprint density at radius 2 is 1.97 bits per heavy atom. The van der Waals surface area contributed by atoms with Gasteiger partial charge in [0.15, 0.2) is 5.82 Å². The SMILES string of the molecule is C=CC(=O)N1CCCC(C(=O)NC2CCc3nnc(-c4ccc(F)cc4)n3C2)C1. The molecule has 1 aromatic heterocycles. The number of hydrogen-bond donors (Lipinski definition) is 1. The van der Waals surface area contributed by atoms with Gasteiger partial charge < -0.3 is 14.8 Å². The normalized spacial score (nSPS) is 21.3. The second-order valence-corrected chi connectivity index (χ2v) is 7.63. The molecule has 0 spiro atoms. The van der Waals surface area contributed by atoms with Gasteiger partial charge in [-0.05, 0) is 49.6 Å². The van der Waals surface area contributed by atoms with Gasteiger partial charge in [0.1, 0.15) is 11.6 Å². The standard InChI is InChI=1S/C21H24FN5O2/c1-2-19(28)26-11-3-4-15(12-26)21(29)23-17-9-10-18-24-25-20(27(18)13-17)14-5-7-16(22)8-6-14/h2,5-8,15,17H,1,3-4,9-13H2,(H,23,29). The van der Waals surface area contributed by atoms with Crippen LogP contribution in [0.15, 0.2) is 36.9 Å². The lowest BCUT2D eigenvalue weighted by Gasteiger charge is -2.33. The predicted octanol–water partition coefficient (Wildman–Crippen LogP) is 1.94. The Bertz CT molecular complexity index is 924. The molecule has 4 rings (SSSR count). The van der Waals surface area contributed by atoms with Crippen LogP contribution in [-0.2, 0) is 22.6 Å². The molecule has 1 saturated heterocycles. The van der Waals surface area contributed by atoms with Gasteiger partial charge in [0.25, 0.3) is 0 Å². The molecule has 2 unspecified atom stereocenters. The molecule has 2 amide bonds. The van der Waals surface area contributed by atoms with E-state index in [1.165, 1.54) is 18.2 Å². The molecule has 29 heavy (non-hydrogen) atoms. The molecule has 8 heteroatoms. The highest BCUT2D eigenvalue weighted by molar-refractivity contribution is 5.88. The molecule has 1 fully saturated rings. The molecule has 2 atom stereocenters. The molecule has 0 radical (unpaired) electrons. The second kappa shape index (κ2) is 8.14. The Balaban J connectivity index is 1.43. The van der Waals surface area contributed by atoms with Crippen molar-refractivity contribution in [2.45, 2.75) is 38.3 Å². The first-order valence-electron chi connectivity index (χ1n) is 9.95. The van der Waals surface area contributed by atoms with Crippen molar-refractivity contribution in [2.24, 2.45) is 5.92 Å². The first kappa shape index (κ1) is 19.3. The van der Waals surface area contributed by atoms with E-state index in [1.807, 2.05) is 4.57 Å². The smallest absolute Gasteiger partial charge is 0.245 e. The van der Waals surface area contributed by atoms with Crippen molar-refractivity contribution in [3.8, 4) is 11.4 Å². The molecule has 0 bridgehead atoms. The van der Waals surface area contributed by atoms with E-state index >= 15 is 0 Å². The van der Waals surface area contributed by atoms with Gasteiger partial charge in [-0.2, -0.15) is 0 Å². The molecule has 1 N–H and O–H groups in total. The maximum atomic E-state index is 13.2. The summed E-state index contributed by atoms with van der Waals surface area (Å²) in [5.74, 6) is 0.907. The first-order valence-corrected chi connectivity index (χ1v) is 9.95. The number of piperidine rings is 1. The Morgan fingerprint density at radius 3 is 2.72 bits per heavy atom. The van der Waals surface area contributed by atoms with Crippen LogP contribution >= 0.6 is 0 Å². The van der Waals surface area contributed by atoms with Gasteiger partial charge >= 0.3 is 0 Å². The van der Waals surface area contributed by atoms with E-state index in [2.05, 4.69) is 22.1 Å². The Hall–Kier alpha value is -3.03. The van der Waals surface area contributed by atoms with Gasteiger partial charge in [-0.15, -0.1) is 10.2 Å². The van der Waals surface area contributed by atoms with Crippen LogP contribution < -0.4 is 5.32 Å². The summed E-state index contributed by atoms with van der Waals surface area (Å²) in [5.41, 5.74) is 0.794. The zero-order valence-corrected chi connectivity index (χ0v) is 16.2. The lowest BCUT2D eigenvalue weighted by Crippen LogP contribution is -2.49. The minimum atomic E-state index is -0.297. The molecule has 2 aromatic rings. The van der Waals surface area contributed by atoms with Crippen LogP contribution in [0.5, 0.6) is 0 Å². The number of nitrogens with one attached hydrogen (secondary N) is 1. The van der Waals surface area contributed by atoms with E-state index in [-0.39, 0.29) is 29.6 Å². The number of carbonyl (C=O) groups is 2. The molecule has 3 heterocycles. The summed E-state index contributed by atoms with van der Waals surface area (Å²) in [6, 6.07) is 6.14. The molecule has 1 aromatic carbocycles. The van der Waals surface area contributed by atoms with Gasteiger partial charge in [0.2, 0.25) is 11.8 Å². The van der Waals surface area contributed by atoms with Gasteiger partial charge in [0, 0.05) is 37.7 Å². The van der Waals surface area contributed by atoms with E-state index < -0.39 is 0 Å². The minimum Gasteiger partial charge on any atom is -0.351 e. The molecular weight excluding hydrogens is 373 g/mol. The van der Waals surface area contributed by atoms with Crippen molar-refractivity contribution in [3.63, 3.8) is 0 Å². The Labute approximate surface area is 168 Å². The number of aryl methyl sites for hydroxylation is 1. The van der Waals surface area contributed by atoms with Crippen molar-refractivity contribution < 1.29 is 14.0 Å². The maximum Gasteiger partial charge on any atom is 0.245 e. The highest BCUT2D eigenvalue weighted by Crippen LogP contribution is 2.24. The summed E-state index contributed by atoms with van der Waals surface area (Å²) in [7, 11) is 0. The largest absolute Gasteiger partial charge is 0.351 e. The summed E-state index contributed by atoms with van der Waals surface area (Å²) in [6.07, 6.45) is 4.39. The number of aromatic nitrogens is 3. The predicted molar refractivity (Wildman–Crippen MR) is 105 cm³/mol. The van der Waals surface area contributed by atoms with Crippen LogP contribution in [-0.4, -0.2) is 50.6 Å². The molecule has 0 saturated carbocycles. The van der Waals surface area contributed by atoms with E-state index in [9.17, 15) is 14.0 Å². The van der Waals surface area contributed by atoms with Crippen molar-refractivity contribution in [2.75, 3.05) is 13.1 Å². The lowest BCUT2D eigenvalue weighted by molar-refractivity contribution is -0.132. The van der Waals surface area contributed by atoms with Crippen LogP contribution in [0.3, 0.4) is 0 Å². The third kappa shape index (κ3) is 4.06. The third-order valence-corrected chi connectivity index (χ3v) is 5.67. The maximum absolute atomic E-state index is 13.2. The Kier molecular flexibility index (Phi) is 5.42. The average molecular weight is 397 g/mol. The number of fused-ring (bicyclic) bond motifs is 1. The van der Waals surface area contributed by atoms with Gasteiger partial charge in [0.05, 0.1) is 5.92 Å². The summed E-state index contributed by atoms with van der Waals surface area (Å²) < 4.78 is 15.2. The molecule has 152 valence electrons. The van der Waals surface area contributed by atoms with Crippen LogP contribution in [0, 0.1) is 11.7 Å². The van der Waals surface area contributed by atoms with E-state index in [4.69, 9.17) is 0 Å². The summed E-state index contributed by atoms with van der Waals surface area (Å²) >= 11 is 0. The summed E-state index contributed by atoms with van der Waals surface area (Å²) in [4.78, 5) is 26.4. The summed E-state index contributed by atoms with van der Waals surface area (Å²) in [6.45, 7) is 5.20. The lowest BCUT2D eigenvalue weighted by atomic mass is 9.96. The van der Waals surface area contributed by atoms with Gasteiger partial charge in [-0.3, -0.25) is 9.59 Å². The monoisotopic (exact) mass is 397 g/mol. The molecule has 2 aliphatic rings. The first-order chi connectivity index (χ1) is 14.0. The molecular formula is C21H24FN5O2. The fraction of sp³-hybridized carbons (Fsp3) is 0.429. The Morgan fingerprint density at radius 1 is 1.17 bits per heavy atom. The average Bonchev–Trinajstić information content (AvgIpc) is 3.17. The molecule has 2 aliphatic heterocycles. The second-order valence-electron chi connectivity index (χ2n) is 7.63. The third-order valence-electron chi connectivity index (χ3n) is 5.67. The number of benzene rings is 1. The molecule has 7 nitrogen and oxygen atoms in total. The highest BCUT2D eigenvalue weighted by Gasteiger charge is 2.30. The van der Waals surface area contributed by atoms with Crippen molar-refractivity contribution in [3.05, 3.63) is 48.6 Å². The minimum absolute atomic E-state index is 0.0172. The number of rotatable bonds is 4. The number of amides is 2. The van der Waals surface area contributed by atoms with Gasteiger partial charge in [-0.25, -0.2) is 4.39 Å². The quantitative estimate of drug-likeness (QED) is 0.800. The fourth-order valence-corrected chi connectivity index (χ4v) is 4.10. The van der Waals surface area contributed by atoms with Crippen LogP contribution in [0.25, 0.3) is 11.4 Å². The zero-order valence-electron chi connectivity index (χ0n) is 16.2. The van der Waals surface area contributed by atoms with Crippen molar-refractivity contribution in [1.82, 2.24) is 25.0 Å². The number of carbonyl (C=O) groups excluding carboxylic acids is 2. The fourth-order valence-electron chi connectivity index (χ4n) is 4.10. The topological polar surface area (TPSA) is 80.1 Å². The molecule has 0 aliphatic carbocycles. The van der Waals surface area contributed by atoms with Crippen LogP contribution in [0.1, 0.15) is 25.1 Å². The number of halogens is 1. The van der Waals surface area contributed by atoms with Crippen LogP contribution in [0.2, 0.25) is 0 Å². The zero-order chi connectivity index (χ0) is 20.4. The number of nitrogens with zero attached hydrogens (tertiary/aromatic N) is 4. The van der Waals surface area contributed by atoms with E-state index in [1.54, 1.807) is 17.0 Å². The number of likely N-dealkylation sites (tertiary alicyclic amines) is 1. The van der Waals surface area contributed by atoms with Crippen molar-refractivity contribution >= 4 is 11.8 Å². The van der Waals surface area contributed by atoms with Crippen molar-refractivity contribution in [1.29, 1.82) is 0 Å². The number of hydrogen-bond acceptors (Lipinski definition) is 4. The van der Waals surface area contributed by atoms with Gasteiger partial charge in [-0.1, -0.05) is 6.58 Å². The van der Waals surface area contributed by atoms with E-state index in [0.717, 1.165) is 30.7 Å². The highest BCUT2D eigenvalue weighted by atomic mass is 19.1.